The number of esters is 1. The second kappa shape index (κ2) is 6.18. The van der Waals surface area contributed by atoms with E-state index in [1.54, 1.807) is 0 Å². The van der Waals surface area contributed by atoms with Crippen LogP contribution in [0, 0.1) is 23.6 Å². The van der Waals surface area contributed by atoms with Crippen molar-refractivity contribution in [1.29, 1.82) is 0 Å². The summed E-state index contributed by atoms with van der Waals surface area (Å²) >= 11 is 0. The maximum Gasteiger partial charge on any atom is 0.311 e. The molecule has 0 spiro atoms. The van der Waals surface area contributed by atoms with E-state index in [4.69, 9.17) is 9.47 Å². The Kier molecular flexibility index (Phi) is 4.24. The highest BCUT2D eigenvalue weighted by Gasteiger charge is 2.52. The third-order valence-electron chi connectivity index (χ3n) is 5.11. The second-order valence-corrected chi connectivity index (χ2v) is 6.23. The fourth-order valence-corrected chi connectivity index (χ4v) is 4.01. The maximum absolute atomic E-state index is 14.0. The van der Waals surface area contributed by atoms with Crippen molar-refractivity contribution in [1.82, 2.24) is 5.32 Å². The van der Waals surface area contributed by atoms with E-state index in [1.165, 1.54) is 32.4 Å². The van der Waals surface area contributed by atoms with Crippen molar-refractivity contribution in [2.45, 2.75) is 25.3 Å². The number of carbonyl (C=O) groups is 2. The highest BCUT2D eigenvalue weighted by atomic mass is 19.1. The average Bonchev–Trinajstić information content (AvgIpc) is 3.15. The van der Waals surface area contributed by atoms with Crippen molar-refractivity contribution in [3.05, 3.63) is 29.6 Å². The van der Waals surface area contributed by atoms with Crippen LogP contribution in [0.3, 0.4) is 0 Å². The van der Waals surface area contributed by atoms with Gasteiger partial charge in [-0.25, -0.2) is 4.39 Å². The molecule has 2 bridgehead atoms. The number of hydrogen-bond donors (Lipinski definition) is 1. The Morgan fingerprint density at radius 1 is 1.22 bits per heavy atom. The molecule has 4 unspecified atom stereocenters. The molecule has 0 aliphatic heterocycles. The molecule has 0 radical (unpaired) electrons. The second-order valence-electron chi connectivity index (χ2n) is 6.23. The van der Waals surface area contributed by atoms with Gasteiger partial charge in [-0.3, -0.25) is 9.59 Å². The Hall–Kier alpha value is -2.11. The molecule has 0 aromatic heterocycles. The number of ether oxygens (including phenoxy) is 2. The van der Waals surface area contributed by atoms with Crippen LogP contribution in [0.1, 0.15) is 29.6 Å². The summed E-state index contributed by atoms with van der Waals surface area (Å²) in [5.74, 6) is -0.905. The Balaban J connectivity index is 1.78. The SMILES string of the molecule is COC(=O)C1C2CCC(C2)C1NC(=O)c1ccc(OC)cc1F. The lowest BCUT2D eigenvalue weighted by Gasteiger charge is -2.29. The van der Waals surface area contributed by atoms with Gasteiger partial charge in [0.2, 0.25) is 0 Å². The smallest absolute Gasteiger partial charge is 0.311 e. The summed E-state index contributed by atoms with van der Waals surface area (Å²) in [7, 11) is 2.79. The molecule has 124 valence electrons. The van der Waals surface area contributed by atoms with Gasteiger partial charge in [-0.15, -0.1) is 0 Å². The number of rotatable bonds is 4. The van der Waals surface area contributed by atoms with Crippen molar-refractivity contribution in [2.24, 2.45) is 17.8 Å². The van der Waals surface area contributed by atoms with E-state index < -0.39 is 11.7 Å². The van der Waals surface area contributed by atoms with Crippen molar-refractivity contribution < 1.29 is 23.5 Å². The summed E-state index contributed by atoms with van der Waals surface area (Å²) in [6.45, 7) is 0. The van der Waals surface area contributed by atoms with Gasteiger partial charge in [0, 0.05) is 12.1 Å². The minimum atomic E-state index is -0.639. The molecule has 4 atom stereocenters. The zero-order valence-electron chi connectivity index (χ0n) is 13.2. The van der Waals surface area contributed by atoms with E-state index in [2.05, 4.69) is 5.32 Å². The summed E-state index contributed by atoms with van der Waals surface area (Å²) in [6.07, 6.45) is 2.87. The lowest BCUT2D eigenvalue weighted by atomic mass is 9.84. The molecule has 1 aromatic carbocycles. The third kappa shape index (κ3) is 2.78. The topological polar surface area (TPSA) is 64.6 Å². The number of benzene rings is 1. The fraction of sp³-hybridized carbons (Fsp3) is 0.529. The molecule has 1 N–H and O–H groups in total. The molecular weight excluding hydrogens is 301 g/mol. The maximum atomic E-state index is 14.0. The molecule has 2 aliphatic rings. The molecule has 5 nitrogen and oxygen atoms in total. The number of halogens is 1. The van der Waals surface area contributed by atoms with Crippen molar-refractivity contribution >= 4 is 11.9 Å². The molecule has 2 fully saturated rings. The summed E-state index contributed by atoms with van der Waals surface area (Å²) in [5, 5.41) is 2.85. The van der Waals surface area contributed by atoms with Crippen molar-refractivity contribution in [3.63, 3.8) is 0 Å². The molecule has 2 aliphatic carbocycles. The van der Waals surface area contributed by atoms with E-state index >= 15 is 0 Å². The van der Waals surface area contributed by atoms with E-state index in [0.717, 1.165) is 19.3 Å². The first kappa shape index (κ1) is 15.8. The van der Waals surface area contributed by atoms with Crippen LogP contribution in [0.15, 0.2) is 18.2 Å². The highest BCUT2D eigenvalue weighted by molar-refractivity contribution is 5.95. The summed E-state index contributed by atoms with van der Waals surface area (Å²) < 4.78 is 23.8. The van der Waals surface area contributed by atoms with E-state index in [9.17, 15) is 14.0 Å². The van der Waals surface area contributed by atoms with Crippen LogP contribution in [0.2, 0.25) is 0 Å². The molecule has 23 heavy (non-hydrogen) atoms. The minimum absolute atomic E-state index is 0.0443. The Morgan fingerprint density at radius 3 is 2.61 bits per heavy atom. The molecule has 6 heteroatoms. The van der Waals surface area contributed by atoms with Crippen LogP contribution < -0.4 is 10.1 Å². The lowest BCUT2D eigenvalue weighted by molar-refractivity contribution is -0.148. The highest BCUT2D eigenvalue weighted by Crippen LogP contribution is 2.49. The van der Waals surface area contributed by atoms with Crippen molar-refractivity contribution in [2.75, 3.05) is 14.2 Å². The summed E-state index contributed by atoms with van der Waals surface area (Å²) in [6, 6.07) is 3.82. The first-order valence-corrected chi connectivity index (χ1v) is 7.77. The van der Waals surface area contributed by atoms with Gasteiger partial charge in [0.15, 0.2) is 0 Å². The quantitative estimate of drug-likeness (QED) is 0.863. The largest absolute Gasteiger partial charge is 0.497 e. The number of carbonyl (C=O) groups excluding carboxylic acids is 2. The van der Waals surface area contributed by atoms with Crippen LogP contribution in [-0.4, -0.2) is 32.1 Å². The number of nitrogens with one attached hydrogen (secondary N) is 1. The predicted octanol–water partition coefficient (Wildman–Crippen LogP) is 2.15. The molecule has 3 rings (SSSR count). The van der Waals surface area contributed by atoms with Gasteiger partial charge in [0.1, 0.15) is 11.6 Å². The van der Waals surface area contributed by atoms with Gasteiger partial charge in [-0.05, 0) is 43.2 Å². The van der Waals surface area contributed by atoms with E-state index in [0.29, 0.717) is 5.75 Å². The summed E-state index contributed by atoms with van der Waals surface area (Å²) in [4.78, 5) is 24.4. The molecule has 0 saturated heterocycles. The van der Waals surface area contributed by atoms with Gasteiger partial charge in [0.05, 0.1) is 25.7 Å². The fourth-order valence-electron chi connectivity index (χ4n) is 4.01. The Bertz CT molecular complexity index is 633. The third-order valence-corrected chi connectivity index (χ3v) is 5.11. The molecule has 0 heterocycles. The number of hydrogen-bond acceptors (Lipinski definition) is 4. The van der Waals surface area contributed by atoms with Crippen LogP contribution >= 0.6 is 0 Å². The van der Waals surface area contributed by atoms with Gasteiger partial charge in [0.25, 0.3) is 5.91 Å². The molecular formula is C17H20FNO4. The minimum Gasteiger partial charge on any atom is -0.497 e. The Labute approximate surface area is 134 Å². The zero-order chi connectivity index (χ0) is 16.6. The molecule has 1 amide bonds. The Morgan fingerprint density at radius 2 is 1.96 bits per heavy atom. The van der Waals surface area contributed by atoms with Crippen molar-refractivity contribution in [3.8, 4) is 5.75 Å². The van der Waals surface area contributed by atoms with Crippen LogP contribution in [-0.2, 0) is 9.53 Å². The van der Waals surface area contributed by atoms with E-state index in [-0.39, 0.29) is 35.3 Å². The van der Waals surface area contributed by atoms with Crippen LogP contribution in [0.4, 0.5) is 4.39 Å². The molecule has 2 saturated carbocycles. The monoisotopic (exact) mass is 321 g/mol. The van der Waals surface area contributed by atoms with Gasteiger partial charge < -0.3 is 14.8 Å². The lowest BCUT2D eigenvalue weighted by Crippen LogP contribution is -2.47. The number of methoxy groups -OCH3 is 2. The first-order valence-electron chi connectivity index (χ1n) is 7.77. The average molecular weight is 321 g/mol. The van der Waals surface area contributed by atoms with Crippen LogP contribution in [0.25, 0.3) is 0 Å². The normalized spacial score (nSPS) is 28.5. The van der Waals surface area contributed by atoms with Gasteiger partial charge >= 0.3 is 5.97 Å². The van der Waals surface area contributed by atoms with Gasteiger partial charge in [-0.2, -0.15) is 0 Å². The summed E-state index contributed by atoms with van der Waals surface area (Å²) in [5.41, 5.74) is -0.0443. The predicted molar refractivity (Wildman–Crippen MR) is 80.5 cm³/mol. The molecule has 1 aromatic rings. The van der Waals surface area contributed by atoms with E-state index in [1.807, 2.05) is 0 Å². The van der Waals surface area contributed by atoms with Gasteiger partial charge in [-0.1, -0.05) is 0 Å². The zero-order valence-corrected chi connectivity index (χ0v) is 13.2. The standard InChI is InChI=1S/C17H20FNO4/c1-22-11-5-6-12(13(18)8-11)16(20)19-15-10-4-3-9(7-10)14(15)17(21)23-2/h5-6,8-10,14-15H,3-4,7H2,1-2H3,(H,19,20). The van der Waals surface area contributed by atoms with Crippen LogP contribution in [0.5, 0.6) is 5.75 Å². The number of fused-ring (bicyclic) bond motifs is 2. The first-order chi connectivity index (χ1) is 11.0. The number of amides is 1.